The van der Waals surface area contributed by atoms with Crippen LogP contribution in [0.2, 0.25) is 0 Å². The van der Waals surface area contributed by atoms with Crippen LogP contribution in [0.25, 0.3) is 0 Å². The van der Waals surface area contributed by atoms with Crippen LogP contribution in [-0.2, 0) is 23.4 Å². The fourth-order valence-electron chi connectivity index (χ4n) is 3.53. The molecule has 0 radical (unpaired) electrons. The first-order valence-electron chi connectivity index (χ1n) is 11.7. The fourth-order valence-corrected chi connectivity index (χ4v) is 5.03. The third kappa shape index (κ3) is 7.14. The Morgan fingerprint density at radius 2 is 2.00 bits per heavy atom. The summed E-state index contributed by atoms with van der Waals surface area (Å²) in [5.74, 6) is -0.893. The molecule has 0 bridgehead atoms. The first kappa shape index (κ1) is 27.8. The topological polar surface area (TPSA) is 158 Å². The number of aromatic nitrogens is 2. The van der Waals surface area contributed by atoms with Gasteiger partial charge in [-0.2, -0.15) is 5.09 Å². The molecular weight excluding hydrogens is 493 g/mol. The number of nitrogens with one attached hydrogen (secondary N) is 2. The van der Waals surface area contributed by atoms with Crippen LogP contribution in [0.15, 0.2) is 52.2 Å². The fraction of sp³-hybridized carbons (Fsp3) is 0.522. The van der Waals surface area contributed by atoms with Gasteiger partial charge in [-0.1, -0.05) is 38.5 Å². The molecule has 2 heterocycles. The Kier molecular flexibility index (Phi) is 9.63. The van der Waals surface area contributed by atoms with Gasteiger partial charge in [0.2, 0.25) is 0 Å². The normalized spacial score (nSPS) is 24.1. The molecule has 0 unspecified atom stereocenters. The van der Waals surface area contributed by atoms with Gasteiger partial charge in [0.1, 0.15) is 17.9 Å². The van der Waals surface area contributed by atoms with Crippen molar-refractivity contribution in [1.82, 2.24) is 14.6 Å². The average Bonchev–Trinajstić information content (AvgIpc) is 3.12. The molecule has 1 aliphatic heterocycles. The highest BCUT2D eigenvalue weighted by atomic mass is 31.2. The number of carbonyl (C=O) groups excluding carboxylic acids is 1. The first-order chi connectivity index (χ1) is 17.1. The van der Waals surface area contributed by atoms with E-state index in [9.17, 15) is 24.1 Å². The minimum atomic E-state index is -4.13. The number of H-pyrrole nitrogens is 1. The number of nitrogens with zero attached hydrogens (tertiary/aromatic N) is 1. The molecule has 6 atom stereocenters. The van der Waals surface area contributed by atoms with E-state index in [0.717, 1.165) is 17.1 Å². The summed E-state index contributed by atoms with van der Waals surface area (Å²) in [5, 5.41) is 13.3. The van der Waals surface area contributed by atoms with Crippen LogP contribution < -0.4 is 20.9 Å². The molecule has 2 aromatic rings. The number of aliphatic hydroxyl groups excluding tert-OH is 1. The number of ether oxygens (including phenoxy) is 2. The molecule has 36 heavy (non-hydrogen) atoms. The second kappa shape index (κ2) is 12.5. The molecule has 1 saturated heterocycles. The number of rotatable bonds is 12. The van der Waals surface area contributed by atoms with Gasteiger partial charge >= 0.3 is 19.4 Å². The van der Waals surface area contributed by atoms with E-state index in [4.69, 9.17) is 18.5 Å². The van der Waals surface area contributed by atoms with E-state index in [2.05, 4.69) is 10.1 Å². The highest BCUT2D eigenvalue weighted by Crippen LogP contribution is 2.46. The molecule has 1 aromatic carbocycles. The van der Waals surface area contributed by atoms with E-state index in [1.165, 1.54) is 13.1 Å². The second-order valence-corrected chi connectivity index (χ2v) is 10.2. The lowest BCUT2D eigenvalue weighted by Gasteiger charge is -2.24. The maximum Gasteiger partial charge on any atom is 0.459 e. The number of esters is 1. The second-order valence-electron chi connectivity index (χ2n) is 8.50. The van der Waals surface area contributed by atoms with E-state index >= 15 is 0 Å². The summed E-state index contributed by atoms with van der Waals surface area (Å²) < 4.78 is 37.0. The number of aliphatic hydroxyl groups is 1. The molecule has 1 aromatic heterocycles. The van der Waals surface area contributed by atoms with Crippen molar-refractivity contribution >= 4 is 13.7 Å². The Morgan fingerprint density at radius 3 is 2.67 bits per heavy atom. The lowest BCUT2D eigenvalue weighted by molar-refractivity contribution is -0.145. The van der Waals surface area contributed by atoms with Gasteiger partial charge in [0.15, 0.2) is 6.23 Å². The van der Waals surface area contributed by atoms with E-state index in [-0.39, 0.29) is 19.0 Å². The molecule has 0 amide bonds. The number of para-hydroxylation sites is 1. The largest absolute Gasteiger partial charge is 0.465 e. The van der Waals surface area contributed by atoms with E-state index < -0.39 is 55.4 Å². The zero-order valence-corrected chi connectivity index (χ0v) is 21.3. The summed E-state index contributed by atoms with van der Waals surface area (Å²) >= 11 is 0. The Hall–Kier alpha value is -2.76. The molecule has 1 fully saturated rings. The van der Waals surface area contributed by atoms with Crippen molar-refractivity contribution in [2.75, 3.05) is 13.2 Å². The van der Waals surface area contributed by atoms with Crippen molar-refractivity contribution in [2.45, 2.75) is 58.1 Å². The summed E-state index contributed by atoms with van der Waals surface area (Å²) in [6.07, 6.45) is -0.214. The standard InChI is InChI=1S/C23H32N3O9P/c1-4-5-13-32-22(29)16(3)25-36(31,35-17-9-7-6-8-10-17)33-14-18-15(2)20(28)21(34-18)26-12-11-19(27)24-23(26)30/h6-12,15-16,18,20-21,28H,4-5,13-14H2,1-3H3,(H,25,31)(H,24,27,30)/t15-,16+,18-,20-,21-,36-/m1/s1. The molecule has 0 saturated carbocycles. The zero-order chi connectivity index (χ0) is 26.3. The summed E-state index contributed by atoms with van der Waals surface area (Å²) in [6.45, 7) is 5.08. The number of aromatic amines is 1. The van der Waals surface area contributed by atoms with Gasteiger partial charge < -0.3 is 19.1 Å². The van der Waals surface area contributed by atoms with Crippen LogP contribution in [0.4, 0.5) is 0 Å². The van der Waals surface area contributed by atoms with Crippen molar-refractivity contribution in [3.8, 4) is 5.75 Å². The molecule has 12 nitrogen and oxygen atoms in total. The van der Waals surface area contributed by atoms with E-state index in [0.29, 0.717) is 6.42 Å². The maximum absolute atomic E-state index is 13.6. The van der Waals surface area contributed by atoms with Gasteiger partial charge in [-0.15, -0.1) is 0 Å². The molecule has 1 aliphatic rings. The molecular formula is C23H32N3O9P. The minimum Gasteiger partial charge on any atom is -0.465 e. The zero-order valence-electron chi connectivity index (χ0n) is 20.4. The lowest BCUT2D eigenvalue weighted by atomic mass is 10.0. The summed E-state index contributed by atoms with van der Waals surface area (Å²) in [4.78, 5) is 38.0. The summed E-state index contributed by atoms with van der Waals surface area (Å²) in [7, 11) is -4.13. The molecule has 0 spiro atoms. The van der Waals surface area contributed by atoms with Gasteiger partial charge in [-0.25, -0.2) is 9.36 Å². The van der Waals surface area contributed by atoms with E-state index in [1.807, 2.05) is 6.92 Å². The quantitative estimate of drug-likeness (QED) is 0.212. The predicted molar refractivity (Wildman–Crippen MR) is 129 cm³/mol. The number of hydrogen-bond donors (Lipinski definition) is 3. The Morgan fingerprint density at radius 1 is 1.28 bits per heavy atom. The number of unbranched alkanes of at least 4 members (excludes halogenated alkanes) is 1. The average molecular weight is 525 g/mol. The lowest BCUT2D eigenvalue weighted by Crippen LogP contribution is -2.36. The molecule has 3 N–H and O–H groups in total. The van der Waals surface area contributed by atoms with Crippen LogP contribution in [0.5, 0.6) is 5.75 Å². The van der Waals surface area contributed by atoms with Crippen LogP contribution in [-0.4, -0.2) is 52.1 Å². The Balaban J connectivity index is 1.72. The Bertz CT molecular complexity index is 1170. The van der Waals surface area contributed by atoms with Crippen molar-refractivity contribution in [2.24, 2.45) is 5.92 Å². The molecule has 3 rings (SSSR count). The monoisotopic (exact) mass is 525 g/mol. The van der Waals surface area contributed by atoms with Crippen LogP contribution in [0.3, 0.4) is 0 Å². The summed E-state index contributed by atoms with van der Waals surface area (Å²) in [5.41, 5.74) is -1.32. The Labute approximate surface area is 208 Å². The molecule has 0 aliphatic carbocycles. The molecule has 198 valence electrons. The number of benzene rings is 1. The third-order valence-electron chi connectivity index (χ3n) is 5.68. The van der Waals surface area contributed by atoms with Crippen LogP contribution in [0, 0.1) is 5.92 Å². The van der Waals surface area contributed by atoms with E-state index in [1.54, 1.807) is 37.3 Å². The predicted octanol–water partition coefficient (Wildman–Crippen LogP) is 1.96. The van der Waals surface area contributed by atoms with Crippen molar-refractivity contribution in [3.05, 3.63) is 63.4 Å². The number of hydrogen-bond acceptors (Lipinski definition) is 9. The smallest absolute Gasteiger partial charge is 0.459 e. The first-order valence-corrected chi connectivity index (χ1v) is 13.3. The number of carbonyl (C=O) groups is 1. The van der Waals surface area contributed by atoms with Crippen molar-refractivity contribution in [3.63, 3.8) is 0 Å². The van der Waals surface area contributed by atoms with Gasteiger partial charge in [-0.05, 0) is 25.5 Å². The molecule has 13 heteroatoms. The van der Waals surface area contributed by atoms with Crippen LogP contribution in [0.1, 0.15) is 39.8 Å². The van der Waals surface area contributed by atoms with Gasteiger partial charge in [0.25, 0.3) is 5.56 Å². The van der Waals surface area contributed by atoms with Gasteiger partial charge in [0, 0.05) is 18.2 Å². The van der Waals surface area contributed by atoms with Crippen molar-refractivity contribution in [1.29, 1.82) is 0 Å². The van der Waals surface area contributed by atoms with Gasteiger partial charge in [-0.3, -0.25) is 23.7 Å². The highest BCUT2D eigenvalue weighted by molar-refractivity contribution is 7.52. The highest BCUT2D eigenvalue weighted by Gasteiger charge is 2.44. The third-order valence-corrected chi connectivity index (χ3v) is 7.33. The van der Waals surface area contributed by atoms with Crippen LogP contribution >= 0.6 is 7.75 Å². The maximum atomic E-state index is 13.6. The van der Waals surface area contributed by atoms with Crippen molar-refractivity contribution < 1.29 is 33.0 Å². The summed E-state index contributed by atoms with van der Waals surface area (Å²) in [6, 6.07) is 8.43. The minimum absolute atomic E-state index is 0.239. The SMILES string of the molecule is CCCCOC(=O)[C@H](C)N[P@@](=O)(OC[C@H]1O[C@@H](n2ccc(=O)[nH]c2=O)[C@H](O)[C@@H]1C)Oc1ccccc1. The van der Waals surface area contributed by atoms with Gasteiger partial charge in [0.05, 0.1) is 19.3 Å².